The number of hydrogen-bond acceptors (Lipinski definition) is 9. The van der Waals surface area contributed by atoms with Gasteiger partial charge in [0, 0.05) is 18.5 Å². The third-order valence-corrected chi connectivity index (χ3v) is 4.38. The predicted octanol–water partition coefficient (Wildman–Crippen LogP) is 3.74. The molecule has 0 saturated carbocycles. The molecule has 0 bridgehead atoms. The first-order valence-electron chi connectivity index (χ1n) is 9.54. The van der Waals surface area contributed by atoms with E-state index >= 15 is 0 Å². The lowest BCUT2D eigenvalue weighted by Crippen LogP contribution is -2.14. The fourth-order valence-corrected chi connectivity index (χ4v) is 2.82. The van der Waals surface area contributed by atoms with Gasteiger partial charge in [-0.25, -0.2) is 0 Å². The molecule has 0 heterocycles. The van der Waals surface area contributed by atoms with Crippen LogP contribution in [0.1, 0.15) is 11.1 Å². The number of nitrogens with zero attached hydrogens (tertiary/aromatic N) is 2. The Morgan fingerprint density at radius 1 is 1.03 bits per heavy atom. The van der Waals surface area contributed by atoms with Crippen LogP contribution in [0, 0.1) is 0 Å². The zero-order valence-electron chi connectivity index (χ0n) is 17.8. The Morgan fingerprint density at radius 2 is 1.73 bits per heavy atom. The van der Waals surface area contributed by atoms with Crippen molar-refractivity contribution in [2.24, 2.45) is 5.16 Å². The number of hydrogen-bond donors (Lipinski definition) is 5. The van der Waals surface area contributed by atoms with Gasteiger partial charge in [0.1, 0.15) is 0 Å². The van der Waals surface area contributed by atoms with Crippen molar-refractivity contribution in [1.29, 1.82) is 0 Å². The number of phenols is 3. The number of oxime groups is 1. The van der Waals surface area contributed by atoms with E-state index in [2.05, 4.69) is 11.9 Å². The third-order valence-electron chi connectivity index (χ3n) is 4.38. The van der Waals surface area contributed by atoms with Crippen LogP contribution in [0.15, 0.2) is 83.2 Å². The van der Waals surface area contributed by atoms with Crippen molar-refractivity contribution >= 4 is 18.6 Å². The molecule has 1 aliphatic carbocycles. The van der Waals surface area contributed by atoms with Crippen LogP contribution in [-0.2, 0) is 11.3 Å². The molecule has 1 aliphatic rings. The number of allylic oxidation sites excluding steroid dienone is 6. The van der Waals surface area contributed by atoms with Crippen LogP contribution in [0.3, 0.4) is 0 Å². The van der Waals surface area contributed by atoms with Gasteiger partial charge >= 0.3 is 0 Å². The number of ether oxygens (including phenoxy) is 1. The lowest BCUT2D eigenvalue weighted by atomic mass is 10.0. The van der Waals surface area contributed by atoms with Crippen LogP contribution in [0.4, 0.5) is 0 Å². The molecule has 9 nitrogen and oxygen atoms in total. The zero-order valence-corrected chi connectivity index (χ0v) is 17.8. The standard InChI is InChI=1S/C23H21NO6.CH3NO/c1-30-23-12-16(5-9-21(23)27)3-2-15-4-7-19(25)18(10-15)14-24(29)13-17-6-8-20(26)22(28)11-17;1-2-3/h2-12,14,26-29H,13H2,1H3;3H,1H2/b3-2+,18-14?;. The molecule has 0 radical (unpaired) electrons. The number of hydroxylamine groups is 2. The van der Waals surface area contributed by atoms with E-state index in [-0.39, 0.29) is 35.1 Å². The van der Waals surface area contributed by atoms with Crippen molar-refractivity contribution < 1.29 is 35.3 Å². The average molecular weight is 452 g/mol. The highest BCUT2D eigenvalue weighted by molar-refractivity contribution is 6.08. The van der Waals surface area contributed by atoms with E-state index in [1.165, 1.54) is 37.6 Å². The minimum atomic E-state index is -0.289. The van der Waals surface area contributed by atoms with E-state index in [4.69, 9.17) is 9.94 Å². The fourth-order valence-electron chi connectivity index (χ4n) is 2.82. The number of benzene rings is 2. The molecule has 3 rings (SSSR count). The number of carbonyl (C=O) groups is 1. The number of ketones is 1. The number of aromatic hydroxyl groups is 3. The highest BCUT2D eigenvalue weighted by Crippen LogP contribution is 2.28. The first kappa shape index (κ1) is 24.8. The second kappa shape index (κ2) is 11.8. The Bertz CT molecular complexity index is 1130. The van der Waals surface area contributed by atoms with Crippen molar-refractivity contribution in [3.8, 4) is 23.0 Å². The normalized spacial score (nSPS) is 13.9. The van der Waals surface area contributed by atoms with Crippen LogP contribution < -0.4 is 4.74 Å². The van der Waals surface area contributed by atoms with Gasteiger partial charge in [0.15, 0.2) is 28.8 Å². The van der Waals surface area contributed by atoms with Crippen LogP contribution in [0.25, 0.3) is 6.08 Å². The topological polar surface area (TPSA) is 143 Å². The Kier molecular flexibility index (Phi) is 8.84. The minimum absolute atomic E-state index is 0.0145. The molecule has 0 spiro atoms. The number of phenolic OH excluding ortho intramolecular Hbond substituents is 3. The van der Waals surface area contributed by atoms with Crippen molar-refractivity contribution in [1.82, 2.24) is 5.06 Å². The summed E-state index contributed by atoms with van der Waals surface area (Å²) in [5.74, 6) is -0.390. The first-order valence-corrected chi connectivity index (χ1v) is 9.54. The van der Waals surface area contributed by atoms with Gasteiger partial charge in [0.2, 0.25) is 0 Å². The molecule has 2 aromatic rings. The molecule has 33 heavy (non-hydrogen) atoms. The van der Waals surface area contributed by atoms with E-state index < -0.39 is 0 Å². The molecule has 0 atom stereocenters. The monoisotopic (exact) mass is 452 g/mol. The van der Waals surface area contributed by atoms with Crippen molar-refractivity contribution in [2.75, 3.05) is 7.11 Å². The van der Waals surface area contributed by atoms with Gasteiger partial charge in [-0.3, -0.25) is 15.1 Å². The molecule has 2 aromatic carbocycles. The molecule has 5 N–H and O–H groups in total. The Balaban J connectivity index is 0.00000122. The van der Waals surface area contributed by atoms with Gasteiger partial charge < -0.3 is 25.3 Å². The molecular formula is C24H24N2O7. The molecular weight excluding hydrogens is 428 g/mol. The highest BCUT2D eigenvalue weighted by Gasteiger charge is 2.11. The lowest BCUT2D eigenvalue weighted by molar-refractivity contribution is -0.111. The summed E-state index contributed by atoms with van der Waals surface area (Å²) in [5, 5.41) is 48.9. The molecule has 0 unspecified atom stereocenters. The Hall–Kier alpha value is -4.50. The summed E-state index contributed by atoms with van der Waals surface area (Å²) in [7, 11) is 1.47. The molecule has 0 amide bonds. The van der Waals surface area contributed by atoms with Gasteiger partial charge in [-0.2, -0.15) is 0 Å². The molecule has 0 fully saturated rings. The first-order chi connectivity index (χ1) is 15.8. The molecule has 172 valence electrons. The minimum Gasteiger partial charge on any atom is -0.504 e. The summed E-state index contributed by atoms with van der Waals surface area (Å²) in [6.07, 6.45) is 9.60. The van der Waals surface area contributed by atoms with Crippen molar-refractivity contribution in [3.63, 3.8) is 0 Å². The number of methoxy groups -OCH3 is 1. The van der Waals surface area contributed by atoms with Crippen LogP contribution >= 0.6 is 0 Å². The Morgan fingerprint density at radius 3 is 2.39 bits per heavy atom. The summed E-state index contributed by atoms with van der Waals surface area (Å²) < 4.78 is 5.09. The summed E-state index contributed by atoms with van der Waals surface area (Å²) in [6.45, 7) is 2.68. The zero-order chi connectivity index (χ0) is 24.4. The van der Waals surface area contributed by atoms with Crippen molar-refractivity contribution in [2.45, 2.75) is 6.54 Å². The van der Waals surface area contributed by atoms with E-state index in [1.54, 1.807) is 36.4 Å². The summed E-state index contributed by atoms with van der Waals surface area (Å²) in [4.78, 5) is 12.1. The fraction of sp³-hybridized carbons (Fsp3) is 0.0833. The second-order valence-corrected chi connectivity index (χ2v) is 6.75. The van der Waals surface area contributed by atoms with Crippen molar-refractivity contribution in [3.05, 3.63) is 89.2 Å². The Labute approximate surface area is 190 Å². The highest BCUT2D eigenvalue weighted by atomic mass is 16.5. The maximum atomic E-state index is 12.1. The molecule has 0 saturated heterocycles. The molecule has 9 heteroatoms. The summed E-state index contributed by atoms with van der Waals surface area (Å²) >= 11 is 0. The summed E-state index contributed by atoms with van der Waals surface area (Å²) in [6, 6.07) is 9.14. The quantitative estimate of drug-likeness (QED) is 0.147. The van der Waals surface area contributed by atoms with Crippen LogP contribution in [0.2, 0.25) is 0 Å². The maximum Gasteiger partial charge on any atom is 0.187 e. The second-order valence-electron chi connectivity index (χ2n) is 6.75. The van der Waals surface area contributed by atoms with E-state index in [9.17, 15) is 25.3 Å². The molecule has 0 aliphatic heterocycles. The average Bonchev–Trinajstić information content (AvgIpc) is 2.78. The van der Waals surface area contributed by atoms with E-state index in [0.29, 0.717) is 11.3 Å². The van der Waals surface area contributed by atoms with Gasteiger partial charge in [-0.05, 0) is 53.1 Å². The molecule has 0 aromatic heterocycles. The van der Waals surface area contributed by atoms with E-state index in [0.717, 1.165) is 16.2 Å². The SMILES string of the molecule is C=NO.COc1cc(/C=C/C2=CC(=CN(O)Cc3ccc(O)c(O)c3)C(=O)C=C2)ccc1O. The largest absolute Gasteiger partial charge is 0.504 e. The van der Waals surface area contributed by atoms with Crippen LogP contribution in [0.5, 0.6) is 23.0 Å². The number of carbonyl (C=O) groups excluding carboxylic acids is 1. The lowest BCUT2D eigenvalue weighted by Gasteiger charge is -2.15. The summed E-state index contributed by atoms with van der Waals surface area (Å²) in [5.41, 5.74) is 2.38. The third kappa shape index (κ3) is 7.30. The van der Waals surface area contributed by atoms with E-state index in [1.807, 2.05) is 6.08 Å². The van der Waals surface area contributed by atoms with Gasteiger partial charge in [0.25, 0.3) is 0 Å². The maximum absolute atomic E-state index is 12.1. The number of rotatable bonds is 6. The smallest absolute Gasteiger partial charge is 0.187 e. The predicted molar refractivity (Wildman–Crippen MR) is 122 cm³/mol. The van der Waals surface area contributed by atoms with Gasteiger partial charge in [-0.15, -0.1) is 5.16 Å². The van der Waals surface area contributed by atoms with Crippen LogP contribution in [-0.4, -0.2) is 50.4 Å². The van der Waals surface area contributed by atoms with Gasteiger partial charge in [-0.1, -0.05) is 30.4 Å². The van der Waals surface area contributed by atoms with Gasteiger partial charge in [0.05, 0.1) is 13.7 Å².